The molecule has 1 heterocycles. The summed E-state index contributed by atoms with van der Waals surface area (Å²) in [6.45, 7) is 3.99. The van der Waals surface area contributed by atoms with Gasteiger partial charge in [0, 0.05) is 31.3 Å². The molecule has 2 aromatic carbocycles. The van der Waals surface area contributed by atoms with E-state index >= 15 is 0 Å². The van der Waals surface area contributed by atoms with Crippen LogP contribution in [0.25, 0.3) is 0 Å². The van der Waals surface area contributed by atoms with E-state index < -0.39 is 0 Å². The Kier molecular flexibility index (Phi) is 7.49. The number of carbonyl (C=O) groups excluding carboxylic acids is 1. The highest BCUT2D eigenvalue weighted by Gasteiger charge is 2.34. The summed E-state index contributed by atoms with van der Waals surface area (Å²) >= 11 is 0. The first kappa shape index (κ1) is 21.1. The van der Waals surface area contributed by atoms with Crippen molar-refractivity contribution < 1.29 is 19.0 Å². The number of methoxy groups -OCH3 is 1. The summed E-state index contributed by atoms with van der Waals surface area (Å²) in [6, 6.07) is 17.8. The Morgan fingerprint density at radius 1 is 1.07 bits per heavy atom. The number of para-hydroxylation sites is 2. The van der Waals surface area contributed by atoms with Crippen molar-refractivity contribution in [1.82, 2.24) is 10.6 Å². The number of hydrogen-bond donors (Lipinski definition) is 2. The van der Waals surface area contributed by atoms with Crippen molar-refractivity contribution in [1.29, 1.82) is 0 Å². The van der Waals surface area contributed by atoms with Gasteiger partial charge >= 0.3 is 0 Å². The van der Waals surface area contributed by atoms with Crippen LogP contribution in [0.3, 0.4) is 0 Å². The van der Waals surface area contributed by atoms with Crippen molar-refractivity contribution in [3.05, 3.63) is 60.2 Å². The summed E-state index contributed by atoms with van der Waals surface area (Å²) < 4.78 is 16.4. The zero-order valence-electron chi connectivity index (χ0n) is 17.1. The zero-order valence-corrected chi connectivity index (χ0v) is 17.1. The third kappa shape index (κ3) is 5.95. The van der Waals surface area contributed by atoms with E-state index in [1.807, 2.05) is 30.3 Å². The lowest BCUT2D eigenvalue weighted by Gasteiger charge is -2.40. The normalized spacial score (nSPS) is 16.6. The minimum absolute atomic E-state index is 0.0544. The van der Waals surface area contributed by atoms with E-state index in [-0.39, 0.29) is 24.1 Å². The van der Waals surface area contributed by atoms with E-state index in [1.54, 1.807) is 19.2 Å². The molecule has 1 amide bonds. The van der Waals surface area contributed by atoms with Crippen LogP contribution in [0.4, 0.5) is 0 Å². The Balaban J connectivity index is 1.56. The number of ether oxygens (including phenoxy) is 3. The van der Waals surface area contributed by atoms with Crippen LogP contribution in [0.5, 0.6) is 11.5 Å². The van der Waals surface area contributed by atoms with Crippen molar-refractivity contribution in [3.63, 3.8) is 0 Å². The van der Waals surface area contributed by atoms with Gasteiger partial charge < -0.3 is 24.8 Å². The van der Waals surface area contributed by atoms with E-state index in [9.17, 15) is 4.79 Å². The SMILES string of the molecule is COc1ccccc1OCC(=O)NCC1(N[C@@H](C)c2ccccc2)CCOCC1. The van der Waals surface area contributed by atoms with Crippen LogP contribution in [0.2, 0.25) is 0 Å². The van der Waals surface area contributed by atoms with E-state index in [4.69, 9.17) is 14.2 Å². The van der Waals surface area contributed by atoms with Crippen molar-refractivity contribution in [2.24, 2.45) is 0 Å². The molecule has 1 aliphatic rings. The van der Waals surface area contributed by atoms with Gasteiger partial charge in [-0.3, -0.25) is 4.79 Å². The Hall–Kier alpha value is -2.57. The van der Waals surface area contributed by atoms with E-state index in [2.05, 4.69) is 29.7 Å². The summed E-state index contributed by atoms with van der Waals surface area (Å²) in [4.78, 5) is 12.4. The van der Waals surface area contributed by atoms with Crippen molar-refractivity contribution in [2.45, 2.75) is 31.3 Å². The molecule has 0 aromatic heterocycles. The van der Waals surface area contributed by atoms with Gasteiger partial charge in [-0.15, -0.1) is 0 Å². The van der Waals surface area contributed by atoms with E-state index in [1.165, 1.54) is 5.56 Å². The highest BCUT2D eigenvalue weighted by atomic mass is 16.5. The van der Waals surface area contributed by atoms with Crippen LogP contribution in [0.15, 0.2) is 54.6 Å². The standard InChI is InChI=1S/C23H30N2O4/c1-18(19-8-4-3-5-9-19)25-23(12-14-28-15-13-23)17-24-22(26)16-29-21-11-7-6-10-20(21)27-2/h3-11,18,25H,12-17H2,1-2H3,(H,24,26)/t18-/m0/s1. The molecule has 1 fully saturated rings. The van der Waals surface area contributed by atoms with Gasteiger partial charge in [-0.05, 0) is 37.5 Å². The molecule has 156 valence electrons. The second-order valence-electron chi connectivity index (χ2n) is 7.39. The van der Waals surface area contributed by atoms with Gasteiger partial charge in [-0.2, -0.15) is 0 Å². The van der Waals surface area contributed by atoms with Gasteiger partial charge in [-0.1, -0.05) is 42.5 Å². The van der Waals surface area contributed by atoms with Gasteiger partial charge in [0.25, 0.3) is 5.91 Å². The second-order valence-corrected chi connectivity index (χ2v) is 7.39. The number of hydrogen-bond acceptors (Lipinski definition) is 5. The minimum Gasteiger partial charge on any atom is -0.493 e. The van der Waals surface area contributed by atoms with Crippen LogP contribution < -0.4 is 20.1 Å². The first-order valence-electron chi connectivity index (χ1n) is 10.0. The number of rotatable bonds is 9. The van der Waals surface area contributed by atoms with Gasteiger partial charge in [0.2, 0.25) is 0 Å². The van der Waals surface area contributed by atoms with E-state index in [0.29, 0.717) is 31.3 Å². The molecule has 1 aliphatic heterocycles. The first-order chi connectivity index (χ1) is 14.1. The molecule has 0 unspecified atom stereocenters. The smallest absolute Gasteiger partial charge is 0.258 e. The van der Waals surface area contributed by atoms with Crippen molar-refractivity contribution in [3.8, 4) is 11.5 Å². The summed E-state index contributed by atoms with van der Waals surface area (Å²) in [5, 5.41) is 6.78. The Morgan fingerprint density at radius 3 is 2.41 bits per heavy atom. The fourth-order valence-electron chi connectivity index (χ4n) is 3.62. The molecule has 0 radical (unpaired) electrons. The van der Waals surface area contributed by atoms with Gasteiger partial charge in [0.1, 0.15) is 0 Å². The lowest BCUT2D eigenvalue weighted by molar-refractivity contribution is -0.123. The molecular formula is C23H30N2O4. The largest absolute Gasteiger partial charge is 0.493 e. The molecule has 3 rings (SSSR count). The number of amides is 1. The van der Waals surface area contributed by atoms with Crippen LogP contribution in [0, 0.1) is 0 Å². The third-order valence-electron chi connectivity index (χ3n) is 5.32. The predicted molar refractivity (Wildman–Crippen MR) is 112 cm³/mol. The lowest BCUT2D eigenvalue weighted by Crippen LogP contribution is -2.57. The van der Waals surface area contributed by atoms with Crippen molar-refractivity contribution >= 4 is 5.91 Å². The number of nitrogens with one attached hydrogen (secondary N) is 2. The summed E-state index contributed by atoms with van der Waals surface area (Å²) in [7, 11) is 1.58. The maximum atomic E-state index is 12.4. The van der Waals surface area contributed by atoms with Crippen molar-refractivity contribution in [2.75, 3.05) is 33.5 Å². The zero-order chi connectivity index (χ0) is 20.5. The average molecular weight is 399 g/mol. The van der Waals surface area contributed by atoms with Crippen LogP contribution in [-0.2, 0) is 9.53 Å². The number of benzene rings is 2. The summed E-state index contributed by atoms with van der Waals surface area (Å²) in [5.41, 5.74) is 1.03. The fraction of sp³-hybridized carbons (Fsp3) is 0.435. The van der Waals surface area contributed by atoms with Crippen LogP contribution in [0.1, 0.15) is 31.4 Å². The molecule has 0 aliphatic carbocycles. The molecule has 0 spiro atoms. The highest BCUT2D eigenvalue weighted by Crippen LogP contribution is 2.26. The maximum absolute atomic E-state index is 12.4. The highest BCUT2D eigenvalue weighted by molar-refractivity contribution is 5.77. The molecule has 1 saturated heterocycles. The maximum Gasteiger partial charge on any atom is 0.258 e. The molecule has 6 nitrogen and oxygen atoms in total. The average Bonchev–Trinajstić information content (AvgIpc) is 2.77. The van der Waals surface area contributed by atoms with Crippen LogP contribution in [-0.4, -0.2) is 44.9 Å². The molecule has 2 N–H and O–H groups in total. The molecule has 1 atom stereocenters. The van der Waals surface area contributed by atoms with E-state index in [0.717, 1.165) is 12.8 Å². The molecule has 0 saturated carbocycles. The molecule has 29 heavy (non-hydrogen) atoms. The van der Waals surface area contributed by atoms with Gasteiger partial charge in [-0.25, -0.2) is 0 Å². The Morgan fingerprint density at radius 2 is 1.72 bits per heavy atom. The minimum atomic E-state index is -0.201. The Bertz CT molecular complexity index is 775. The molecule has 6 heteroatoms. The van der Waals surface area contributed by atoms with Crippen LogP contribution >= 0.6 is 0 Å². The fourth-order valence-corrected chi connectivity index (χ4v) is 3.62. The van der Waals surface area contributed by atoms with Gasteiger partial charge in [0.05, 0.1) is 7.11 Å². The molecule has 0 bridgehead atoms. The lowest BCUT2D eigenvalue weighted by atomic mass is 9.88. The monoisotopic (exact) mass is 398 g/mol. The predicted octanol–water partition coefficient (Wildman–Crippen LogP) is 3.09. The topological polar surface area (TPSA) is 68.8 Å². The summed E-state index contributed by atoms with van der Waals surface area (Å²) in [6.07, 6.45) is 1.69. The molecular weight excluding hydrogens is 368 g/mol. The third-order valence-corrected chi connectivity index (χ3v) is 5.32. The molecule has 2 aromatic rings. The summed E-state index contributed by atoms with van der Waals surface area (Å²) in [5.74, 6) is 1.01. The first-order valence-corrected chi connectivity index (χ1v) is 10.0. The number of carbonyl (C=O) groups is 1. The second kappa shape index (κ2) is 10.3. The quantitative estimate of drug-likeness (QED) is 0.679. The Labute approximate surface area is 172 Å². The van der Waals surface area contributed by atoms with Gasteiger partial charge in [0.15, 0.2) is 18.1 Å².